The first-order chi connectivity index (χ1) is 7.10. The SMILES string of the molecule is [CH]c1ccc(F)c(C(=O)N(CC)CC)c1. The summed E-state index contributed by atoms with van der Waals surface area (Å²) in [5.74, 6) is -0.842. The van der Waals surface area contributed by atoms with Crippen LogP contribution in [-0.4, -0.2) is 23.9 Å². The van der Waals surface area contributed by atoms with Crippen LogP contribution < -0.4 is 0 Å². The van der Waals surface area contributed by atoms with Crippen molar-refractivity contribution in [3.8, 4) is 0 Å². The number of rotatable bonds is 3. The molecule has 0 heterocycles. The summed E-state index contributed by atoms with van der Waals surface area (Å²) < 4.78 is 13.3. The molecule has 1 rings (SSSR count). The van der Waals surface area contributed by atoms with Gasteiger partial charge < -0.3 is 4.90 Å². The molecule has 2 nitrogen and oxygen atoms in total. The zero-order valence-electron chi connectivity index (χ0n) is 8.96. The molecule has 0 aromatic heterocycles. The topological polar surface area (TPSA) is 20.3 Å². The Hall–Kier alpha value is -1.38. The normalized spacial score (nSPS) is 10.1. The first kappa shape index (κ1) is 11.7. The molecule has 15 heavy (non-hydrogen) atoms. The molecule has 0 unspecified atom stereocenters. The Kier molecular flexibility index (Phi) is 3.83. The molecular formula is C12H14FNO. The molecule has 0 fully saturated rings. The third kappa shape index (κ3) is 2.55. The molecule has 0 aliphatic heterocycles. The molecule has 1 aromatic rings. The standard InChI is InChI=1S/C12H14FNO/c1-4-14(5-2)12(15)10-8-9(3)6-7-11(10)13/h3,6-8H,4-5H2,1-2H3. The largest absolute Gasteiger partial charge is 0.339 e. The second kappa shape index (κ2) is 4.91. The Morgan fingerprint density at radius 2 is 2.00 bits per heavy atom. The van der Waals surface area contributed by atoms with E-state index in [2.05, 4.69) is 0 Å². The van der Waals surface area contributed by atoms with Crippen LogP contribution in [0.15, 0.2) is 18.2 Å². The summed E-state index contributed by atoms with van der Waals surface area (Å²) in [6.45, 7) is 10.3. The van der Waals surface area contributed by atoms with Gasteiger partial charge >= 0.3 is 0 Å². The fourth-order valence-electron chi connectivity index (χ4n) is 1.39. The second-order valence-electron chi connectivity index (χ2n) is 3.22. The Labute approximate surface area is 89.7 Å². The summed E-state index contributed by atoms with van der Waals surface area (Å²) in [5.41, 5.74) is 0.436. The maximum absolute atomic E-state index is 13.3. The van der Waals surface area contributed by atoms with Crippen molar-refractivity contribution in [1.29, 1.82) is 0 Å². The molecular weight excluding hydrogens is 193 g/mol. The molecule has 0 saturated heterocycles. The van der Waals surface area contributed by atoms with E-state index in [1.54, 1.807) is 4.90 Å². The van der Waals surface area contributed by atoms with Crippen LogP contribution in [0.25, 0.3) is 0 Å². The van der Waals surface area contributed by atoms with E-state index < -0.39 is 5.82 Å². The van der Waals surface area contributed by atoms with E-state index in [-0.39, 0.29) is 11.5 Å². The van der Waals surface area contributed by atoms with Crippen molar-refractivity contribution in [2.45, 2.75) is 13.8 Å². The molecule has 0 aliphatic rings. The fraction of sp³-hybridized carbons (Fsp3) is 0.333. The molecule has 0 aliphatic carbocycles. The van der Waals surface area contributed by atoms with E-state index in [1.807, 2.05) is 13.8 Å². The van der Waals surface area contributed by atoms with Gasteiger partial charge in [0.2, 0.25) is 0 Å². The Balaban J connectivity index is 3.04. The summed E-state index contributed by atoms with van der Waals surface area (Å²) in [6, 6.07) is 4.02. The van der Waals surface area contributed by atoms with Crippen molar-refractivity contribution in [3.05, 3.63) is 42.1 Å². The van der Waals surface area contributed by atoms with Crippen molar-refractivity contribution in [3.63, 3.8) is 0 Å². The average Bonchev–Trinajstić information content (AvgIpc) is 2.23. The van der Waals surface area contributed by atoms with E-state index in [0.717, 1.165) is 0 Å². The second-order valence-corrected chi connectivity index (χ2v) is 3.22. The summed E-state index contributed by atoms with van der Waals surface area (Å²) in [4.78, 5) is 13.4. The van der Waals surface area contributed by atoms with Gasteiger partial charge in [-0.2, -0.15) is 0 Å². The molecule has 1 aromatic carbocycles. The third-order valence-electron chi connectivity index (χ3n) is 2.27. The molecule has 1 amide bonds. The Morgan fingerprint density at radius 1 is 1.40 bits per heavy atom. The highest BCUT2D eigenvalue weighted by Crippen LogP contribution is 2.12. The quantitative estimate of drug-likeness (QED) is 0.745. The van der Waals surface area contributed by atoms with E-state index in [0.29, 0.717) is 18.7 Å². The van der Waals surface area contributed by atoms with Gasteiger partial charge in [0.1, 0.15) is 5.82 Å². The molecule has 0 saturated carbocycles. The van der Waals surface area contributed by atoms with Crippen molar-refractivity contribution in [1.82, 2.24) is 4.90 Å². The number of benzene rings is 1. The maximum atomic E-state index is 13.3. The number of amides is 1. The monoisotopic (exact) mass is 207 g/mol. The number of nitrogens with zero attached hydrogens (tertiary/aromatic N) is 1. The lowest BCUT2D eigenvalue weighted by Crippen LogP contribution is -2.31. The van der Waals surface area contributed by atoms with Crippen LogP contribution in [-0.2, 0) is 0 Å². The van der Waals surface area contributed by atoms with E-state index in [1.165, 1.54) is 18.2 Å². The molecule has 0 atom stereocenters. The number of hydrogen-bond donors (Lipinski definition) is 0. The predicted octanol–water partition coefficient (Wildman–Crippen LogP) is 2.37. The van der Waals surface area contributed by atoms with Crippen LogP contribution in [0.1, 0.15) is 29.8 Å². The van der Waals surface area contributed by atoms with Crippen LogP contribution in [0.2, 0.25) is 0 Å². The van der Waals surface area contributed by atoms with Gasteiger partial charge in [-0.25, -0.2) is 4.39 Å². The smallest absolute Gasteiger partial charge is 0.256 e. The summed E-state index contributed by atoms with van der Waals surface area (Å²) >= 11 is 0. The van der Waals surface area contributed by atoms with Gasteiger partial charge in [0.25, 0.3) is 5.91 Å². The van der Waals surface area contributed by atoms with Gasteiger partial charge in [0.15, 0.2) is 0 Å². The zero-order chi connectivity index (χ0) is 11.4. The van der Waals surface area contributed by atoms with Crippen LogP contribution in [0.3, 0.4) is 0 Å². The van der Waals surface area contributed by atoms with Gasteiger partial charge in [0, 0.05) is 13.1 Å². The minimum absolute atomic E-state index is 0.0405. The van der Waals surface area contributed by atoms with Crippen molar-refractivity contribution < 1.29 is 9.18 Å². The van der Waals surface area contributed by atoms with Gasteiger partial charge in [-0.15, -0.1) is 0 Å². The van der Waals surface area contributed by atoms with Crippen molar-refractivity contribution in [2.24, 2.45) is 0 Å². The zero-order valence-corrected chi connectivity index (χ0v) is 8.96. The van der Waals surface area contributed by atoms with E-state index in [4.69, 9.17) is 6.92 Å². The van der Waals surface area contributed by atoms with Crippen LogP contribution >= 0.6 is 0 Å². The van der Waals surface area contributed by atoms with Crippen LogP contribution in [0, 0.1) is 12.7 Å². The predicted molar refractivity (Wildman–Crippen MR) is 57.1 cm³/mol. The summed E-state index contributed by atoms with van der Waals surface area (Å²) in [6.07, 6.45) is 0. The molecule has 3 heteroatoms. The average molecular weight is 207 g/mol. The molecule has 80 valence electrons. The molecule has 0 bridgehead atoms. The lowest BCUT2D eigenvalue weighted by atomic mass is 10.1. The minimum atomic E-state index is -0.527. The van der Waals surface area contributed by atoms with Gasteiger partial charge in [0.05, 0.1) is 5.56 Å². The van der Waals surface area contributed by atoms with Crippen molar-refractivity contribution in [2.75, 3.05) is 13.1 Å². The van der Waals surface area contributed by atoms with Gasteiger partial charge in [-0.3, -0.25) is 4.79 Å². The molecule has 0 spiro atoms. The van der Waals surface area contributed by atoms with Crippen LogP contribution in [0.5, 0.6) is 0 Å². The number of carbonyl (C=O) groups excluding carboxylic acids is 1. The summed E-state index contributed by atoms with van der Waals surface area (Å²) in [5, 5.41) is 0. The fourth-order valence-corrected chi connectivity index (χ4v) is 1.39. The lowest BCUT2D eigenvalue weighted by Gasteiger charge is -2.19. The van der Waals surface area contributed by atoms with Crippen molar-refractivity contribution >= 4 is 5.91 Å². The summed E-state index contributed by atoms with van der Waals surface area (Å²) in [7, 11) is 0. The third-order valence-corrected chi connectivity index (χ3v) is 2.27. The van der Waals surface area contributed by atoms with Gasteiger partial charge in [-0.05, 0) is 38.5 Å². The maximum Gasteiger partial charge on any atom is 0.256 e. The molecule has 2 radical (unpaired) electrons. The highest BCUT2D eigenvalue weighted by atomic mass is 19.1. The first-order valence-electron chi connectivity index (χ1n) is 4.94. The Morgan fingerprint density at radius 3 is 2.53 bits per heavy atom. The van der Waals surface area contributed by atoms with E-state index in [9.17, 15) is 9.18 Å². The van der Waals surface area contributed by atoms with E-state index >= 15 is 0 Å². The minimum Gasteiger partial charge on any atom is -0.339 e. The van der Waals surface area contributed by atoms with Gasteiger partial charge in [-0.1, -0.05) is 6.07 Å². The molecule has 0 N–H and O–H groups in total. The Bertz CT molecular complexity index is 359. The highest BCUT2D eigenvalue weighted by molar-refractivity contribution is 5.94. The first-order valence-corrected chi connectivity index (χ1v) is 4.94. The number of carbonyl (C=O) groups is 1. The number of hydrogen-bond acceptors (Lipinski definition) is 1. The lowest BCUT2D eigenvalue weighted by molar-refractivity contribution is 0.0768. The number of halogens is 1. The highest BCUT2D eigenvalue weighted by Gasteiger charge is 2.16. The van der Waals surface area contributed by atoms with Crippen LogP contribution in [0.4, 0.5) is 4.39 Å².